The lowest BCUT2D eigenvalue weighted by Crippen LogP contribution is -2.40. The zero-order valence-corrected chi connectivity index (χ0v) is 21.9. The molecule has 1 aromatic heterocycles. The zero-order chi connectivity index (χ0) is 26.6. The van der Waals surface area contributed by atoms with Crippen LogP contribution in [0.3, 0.4) is 0 Å². The second-order valence-electron chi connectivity index (χ2n) is 8.48. The van der Waals surface area contributed by atoms with Gasteiger partial charge in [-0.2, -0.15) is 0 Å². The van der Waals surface area contributed by atoms with Crippen LogP contribution in [0.5, 0.6) is 5.75 Å². The number of fused-ring (bicyclic) bond motifs is 1. The number of carbonyl (C=O) groups excluding carboxylic acids is 1. The molecule has 8 heteroatoms. The quantitative estimate of drug-likeness (QED) is 0.366. The highest BCUT2D eigenvalue weighted by molar-refractivity contribution is 7.07. The highest BCUT2D eigenvalue weighted by Gasteiger charge is 2.32. The summed E-state index contributed by atoms with van der Waals surface area (Å²) in [6.07, 6.45) is 7.12. The van der Waals surface area contributed by atoms with Crippen molar-refractivity contribution in [2.75, 3.05) is 11.9 Å². The van der Waals surface area contributed by atoms with Crippen molar-refractivity contribution in [1.29, 1.82) is 0 Å². The zero-order valence-electron chi connectivity index (χ0n) is 20.4. The molecule has 0 unspecified atom stereocenters. The Morgan fingerprint density at radius 1 is 1.13 bits per heavy atom. The minimum atomic E-state index is -0.692. The van der Waals surface area contributed by atoms with Crippen molar-refractivity contribution in [2.24, 2.45) is 4.99 Å². The Bertz CT molecular complexity index is 1760. The molecule has 0 aliphatic carbocycles. The van der Waals surface area contributed by atoms with Gasteiger partial charge in [0.05, 0.1) is 21.8 Å². The van der Waals surface area contributed by atoms with E-state index in [1.54, 1.807) is 47.9 Å². The molecule has 1 amide bonds. The molecule has 0 saturated heterocycles. The normalized spacial score (nSPS) is 14.9. The summed E-state index contributed by atoms with van der Waals surface area (Å²) >= 11 is 7.41. The molecule has 0 saturated carbocycles. The summed E-state index contributed by atoms with van der Waals surface area (Å²) in [5, 5.41) is 3.50. The Morgan fingerprint density at radius 2 is 1.84 bits per heavy atom. The highest BCUT2D eigenvalue weighted by Crippen LogP contribution is 2.31. The number of benzene rings is 3. The second-order valence-corrected chi connectivity index (χ2v) is 9.93. The van der Waals surface area contributed by atoms with Crippen molar-refractivity contribution < 1.29 is 9.53 Å². The summed E-state index contributed by atoms with van der Waals surface area (Å²) < 4.78 is 7.68. The summed E-state index contributed by atoms with van der Waals surface area (Å²) in [5.41, 5.74) is 2.75. The van der Waals surface area contributed by atoms with E-state index in [9.17, 15) is 9.59 Å². The predicted octanol–water partition coefficient (Wildman–Crippen LogP) is 4.54. The van der Waals surface area contributed by atoms with Crippen LogP contribution in [0.25, 0.3) is 6.08 Å². The standard InChI is InChI=1S/C30H22ClN3O3S/c1-3-17-37-24-12-8-7-9-21(24)18-25-29(36)34-27(20-13-15-22(31)16-14-20)26(19(2)32-30(34)38-25)28(35)33-23-10-5-4-6-11-23/h1,4-16,18,27H,17H2,2H3,(H,33,35)/b25-18-/t27-/m0/s1. The number of ether oxygens (including phenoxy) is 1. The number of anilines is 1. The van der Waals surface area contributed by atoms with E-state index in [1.165, 1.54) is 11.3 Å². The molecule has 38 heavy (non-hydrogen) atoms. The van der Waals surface area contributed by atoms with Crippen LogP contribution < -0.4 is 24.9 Å². The molecular formula is C30H22ClN3O3S. The smallest absolute Gasteiger partial charge is 0.271 e. The Hall–Kier alpha value is -4.38. The Morgan fingerprint density at radius 3 is 2.58 bits per heavy atom. The summed E-state index contributed by atoms with van der Waals surface area (Å²) in [4.78, 5) is 32.6. The first-order valence-electron chi connectivity index (χ1n) is 11.8. The van der Waals surface area contributed by atoms with E-state index in [4.69, 9.17) is 22.8 Å². The SMILES string of the molecule is C#CCOc1ccccc1/C=c1\sc2n(c1=O)[C@@H](c1ccc(Cl)cc1)C(C(=O)Nc1ccccc1)=C(C)N=2. The fraction of sp³-hybridized carbons (Fsp3) is 0.100. The van der Waals surface area contributed by atoms with Gasteiger partial charge in [0.25, 0.3) is 11.5 Å². The van der Waals surface area contributed by atoms with Crippen molar-refractivity contribution in [3.8, 4) is 18.1 Å². The van der Waals surface area contributed by atoms with E-state index >= 15 is 0 Å². The summed E-state index contributed by atoms with van der Waals surface area (Å²) in [6.45, 7) is 1.89. The van der Waals surface area contributed by atoms with E-state index in [2.05, 4.69) is 16.2 Å². The Kier molecular flexibility index (Phi) is 7.27. The lowest BCUT2D eigenvalue weighted by molar-refractivity contribution is -0.113. The van der Waals surface area contributed by atoms with Crippen LogP contribution in [0.15, 0.2) is 99.9 Å². The molecule has 1 aliphatic heterocycles. The average molecular weight is 540 g/mol. The summed E-state index contributed by atoms with van der Waals surface area (Å²) in [6, 6.07) is 23.0. The van der Waals surface area contributed by atoms with Gasteiger partial charge in [0.2, 0.25) is 0 Å². The number of hydrogen-bond donors (Lipinski definition) is 1. The molecule has 0 fully saturated rings. The molecule has 188 valence electrons. The van der Waals surface area contributed by atoms with Gasteiger partial charge in [-0.3, -0.25) is 14.2 Å². The van der Waals surface area contributed by atoms with E-state index < -0.39 is 6.04 Å². The molecule has 2 heterocycles. The molecule has 4 aromatic rings. The lowest BCUT2D eigenvalue weighted by atomic mass is 9.95. The third-order valence-electron chi connectivity index (χ3n) is 6.00. The van der Waals surface area contributed by atoms with Gasteiger partial charge in [-0.1, -0.05) is 77.4 Å². The molecule has 0 bridgehead atoms. The van der Waals surface area contributed by atoms with Gasteiger partial charge in [-0.05, 0) is 48.9 Å². The van der Waals surface area contributed by atoms with E-state index in [0.717, 1.165) is 5.56 Å². The van der Waals surface area contributed by atoms with Gasteiger partial charge in [-0.15, -0.1) is 6.42 Å². The Balaban J connectivity index is 1.66. The number of nitrogens with zero attached hydrogens (tertiary/aromatic N) is 2. The molecule has 1 N–H and O–H groups in total. The van der Waals surface area contributed by atoms with Crippen LogP contribution in [0.4, 0.5) is 5.69 Å². The average Bonchev–Trinajstić information content (AvgIpc) is 3.22. The molecular weight excluding hydrogens is 518 g/mol. The molecule has 0 radical (unpaired) electrons. The number of terminal acetylenes is 1. The first-order valence-corrected chi connectivity index (χ1v) is 13.0. The number of allylic oxidation sites excluding steroid dienone is 1. The molecule has 0 spiro atoms. The summed E-state index contributed by atoms with van der Waals surface area (Å²) in [7, 11) is 0. The first-order chi connectivity index (χ1) is 18.5. The van der Waals surface area contributed by atoms with Crippen LogP contribution >= 0.6 is 22.9 Å². The maximum atomic E-state index is 13.9. The van der Waals surface area contributed by atoms with Crippen LogP contribution in [-0.2, 0) is 4.79 Å². The molecule has 1 atom stereocenters. The number of aromatic nitrogens is 1. The fourth-order valence-electron chi connectivity index (χ4n) is 4.28. The van der Waals surface area contributed by atoms with Crippen LogP contribution in [0, 0.1) is 12.3 Å². The summed E-state index contributed by atoms with van der Waals surface area (Å²) in [5.74, 6) is 2.70. The van der Waals surface area contributed by atoms with Crippen molar-refractivity contribution in [3.05, 3.63) is 126 Å². The number of halogens is 1. The van der Waals surface area contributed by atoms with Crippen molar-refractivity contribution >= 4 is 40.6 Å². The second kappa shape index (κ2) is 10.9. The topological polar surface area (TPSA) is 72.7 Å². The minimum absolute atomic E-state index is 0.113. The maximum Gasteiger partial charge on any atom is 0.271 e. The number of thiazole rings is 1. The van der Waals surface area contributed by atoms with Crippen molar-refractivity contribution in [2.45, 2.75) is 13.0 Å². The van der Waals surface area contributed by atoms with Gasteiger partial charge in [0.15, 0.2) is 4.80 Å². The Labute approximate surface area is 228 Å². The number of para-hydroxylation sites is 2. The highest BCUT2D eigenvalue weighted by atomic mass is 35.5. The predicted molar refractivity (Wildman–Crippen MR) is 151 cm³/mol. The van der Waals surface area contributed by atoms with Crippen LogP contribution in [-0.4, -0.2) is 17.1 Å². The van der Waals surface area contributed by atoms with Crippen LogP contribution in [0.2, 0.25) is 5.02 Å². The van der Waals surface area contributed by atoms with Gasteiger partial charge >= 0.3 is 0 Å². The first kappa shape index (κ1) is 25.3. The van der Waals surface area contributed by atoms with Crippen molar-refractivity contribution in [3.63, 3.8) is 0 Å². The molecule has 3 aromatic carbocycles. The fourth-order valence-corrected chi connectivity index (χ4v) is 5.45. The number of nitrogens with one attached hydrogen (secondary N) is 1. The minimum Gasteiger partial charge on any atom is -0.480 e. The van der Waals surface area contributed by atoms with Gasteiger partial charge in [0.1, 0.15) is 12.4 Å². The number of carbonyl (C=O) groups is 1. The van der Waals surface area contributed by atoms with Gasteiger partial charge in [0, 0.05) is 16.3 Å². The molecule has 5 rings (SSSR count). The number of amides is 1. The van der Waals surface area contributed by atoms with Crippen molar-refractivity contribution in [1.82, 2.24) is 4.57 Å². The molecule has 6 nitrogen and oxygen atoms in total. The van der Waals surface area contributed by atoms with E-state index in [-0.39, 0.29) is 18.1 Å². The van der Waals surface area contributed by atoms with Crippen LogP contribution in [0.1, 0.15) is 24.1 Å². The third kappa shape index (κ3) is 5.05. The monoisotopic (exact) mass is 539 g/mol. The molecule has 1 aliphatic rings. The largest absolute Gasteiger partial charge is 0.480 e. The number of hydrogen-bond acceptors (Lipinski definition) is 5. The lowest BCUT2D eigenvalue weighted by Gasteiger charge is -2.25. The van der Waals surface area contributed by atoms with E-state index in [0.29, 0.717) is 42.6 Å². The van der Waals surface area contributed by atoms with Gasteiger partial charge in [-0.25, -0.2) is 4.99 Å². The van der Waals surface area contributed by atoms with Gasteiger partial charge < -0.3 is 10.1 Å². The maximum absolute atomic E-state index is 13.9. The van der Waals surface area contributed by atoms with E-state index in [1.807, 2.05) is 48.5 Å². The third-order valence-corrected chi connectivity index (χ3v) is 7.24. The number of rotatable bonds is 6.